The van der Waals surface area contributed by atoms with Gasteiger partial charge in [-0.3, -0.25) is 0 Å². The summed E-state index contributed by atoms with van der Waals surface area (Å²) in [7, 11) is 7.15. The van der Waals surface area contributed by atoms with Gasteiger partial charge in [0.2, 0.25) is 0 Å². The number of likely N-dealkylation sites (N-methyl/N-ethyl adjacent to an activating group) is 1. The molecule has 0 spiro atoms. The third-order valence-electron chi connectivity index (χ3n) is 4.46. The van der Waals surface area contributed by atoms with E-state index < -0.39 is 11.5 Å². The predicted octanol–water partition coefficient (Wildman–Crippen LogP) is 2.88. The van der Waals surface area contributed by atoms with Gasteiger partial charge < -0.3 is 14.8 Å². The number of hydrogen-bond acceptors (Lipinski definition) is 4. The van der Waals surface area contributed by atoms with Gasteiger partial charge >= 0.3 is 5.97 Å². The summed E-state index contributed by atoms with van der Waals surface area (Å²) in [6.45, 7) is 11.8. The number of carbonyl (C=O) groups is 2. The molecule has 1 aliphatic carbocycles. The molecule has 0 saturated heterocycles. The van der Waals surface area contributed by atoms with E-state index in [1.165, 1.54) is 0 Å². The highest BCUT2D eigenvalue weighted by Crippen LogP contribution is 2.50. The van der Waals surface area contributed by atoms with E-state index in [-0.39, 0.29) is 23.5 Å². The van der Waals surface area contributed by atoms with Crippen molar-refractivity contribution in [1.29, 1.82) is 0 Å². The summed E-state index contributed by atoms with van der Waals surface area (Å²) in [5, 5.41) is 2.88. The smallest absolute Gasteiger partial charge is 0.328 e. The Kier molecular flexibility index (Phi) is 6.03. The van der Waals surface area contributed by atoms with Gasteiger partial charge in [0, 0.05) is 6.42 Å². The number of ether oxygens (including phenoxy) is 1. The molecule has 0 aliphatic heterocycles. The van der Waals surface area contributed by atoms with Gasteiger partial charge in [-0.1, -0.05) is 33.8 Å². The van der Waals surface area contributed by atoms with Crippen LogP contribution in [0.15, 0.2) is 23.0 Å². The Hall–Kier alpha value is -1.36. The molecule has 1 rings (SSSR count). The summed E-state index contributed by atoms with van der Waals surface area (Å²) in [5.41, 5.74) is 0.842. The van der Waals surface area contributed by atoms with Crippen LogP contribution in [0.25, 0.3) is 0 Å². The lowest BCUT2D eigenvalue weighted by atomic mass is 9.62. The molecule has 2 radical (unpaired) electrons. The number of hydrogen-bond donors (Lipinski definition) is 1. The monoisotopic (exact) mass is 317 g/mol. The van der Waals surface area contributed by atoms with Crippen molar-refractivity contribution in [2.75, 3.05) is 7.05 Å². The number of esters is 1. The van der Waals surface area contributed by atoms with E-state index in [4.69, 9.17) is 12.6 Å². The van der Waals surface area contributed by atoms with E-state index in [1.54, 1.807) is 14.0 Å². The molecule has 126 valence electrons. The van der Waals surface area contributed by atoms with Crippen LogP contribution in [0.3, 0.4) is 0 Å². The fourth-order valence-corrected chi connectivity index (χ4v) is 3.29. The van der Waals surface area contributed by atoms with Gasteiger partial charge in [-0.15, -0.1) is 0 Å². The molecule has 0 saturated carbocycles. The van der Waals surface area contributed by atoms with Gasteiger partial charge in [-0.25, -0.2) is 4.79 Å². The van der Waals surface area contributed by atoms with E-state index in [0.717, 1.165) is 17.6 Å². The molecule has 0 fully saturated rings. The number of rotatable bonds is 6. The summed E-state index contributed by atoms with van der Waals surface area (Å²) in [6.07, 6.45) is 3.12. The lowest BCUT2D eigenvalue weighted by Gasteiger charge is -2.42. The number of carbonyl (C=O) groups excluding carboxylic acids is 2. The third-order valence-corrected chi connectivity index (χ3v) is 4.46. The van der Waals surface area contributed by atoms with Crippen LogP contribution in [-0.2, 0) is 14.3 Å². The van der Waals surface area contributed by atoms with Crippen LogP contribution < -0.4 is 5.32 Å². The maximum atomic E-state index is 12.3. The van der Waals surface area contributed by atoms with Crippen molar-refractivity contribution in [2.45, 2.75) is 60.4 Å². The largest absolute Gasteiger partial charge is 0.425 e. The number of allylic oxidation sites excluding steroid dienone is 3. The fourth-order valence-electron chi connectivity index (χ4n) is 3.29. The molecule has 0 amide bonds. The summed E-state index contributed by atoms with van der Waals surface area (Å²) < 4.78 is 5.73. The Bertz CT molecular complexity index is 559. The zero-order valence-corrected chi connectivity index (χ0v) is 15.4. The topological polar surface area (TPSA) is 55.4 Å². The Balaban J connectivity index is 3.40. The van der Waals surface area contributed by atoms with Crippen LogP contribution in [0.1, 0.15) is 54.4 Å². The highest BCUT2D eigenvalue weighted by Gasteiger charge is 2.41. The van der Waals surface area contributed by atoms with Crippen LogP contribution in [-0.4, -0.2) is 32.6 Å². The average Bonchev–Trinajstić information content (AvgIpc) is 2.39. The van der Waals surface area contributed by atoms with Crippen molar-refractivity contribution >= 4 is 19.5 Å². The first-order chi connectivity index (χ1) is 10.4. The summed E-state index contributed by atoms with van der Waals surface area (Å²) >= 11 is 0. The predicted molar refractivity (Wildman–Crippen MR) is 93.0 cm³/mol. The first kappa shape index (κ1) is 19.7. The maximum absolute atomic E-state index is 12.3. The molecular formula is C18H28BNO3. The van der Waals surface area contributed by atoms with Gasteiger partial charge in [0.25, 0.3) is 0 Å². The molecule has 4 nitrogen and oxygen atoms in total. The van der Waals surface area contributed by atoms with Crippen molar-refractivity contribution in [2.24, 2.45) is 10.8 Å². The first-order valence-corrected chi connectivity index (χ1v) is 8.02. The molecule has 0 heterocycles. The zero-order chi connectivity index (χ0) is 18.0. The minimum absolute atomic E-state index is 0.210. The van der Waals surface area contributed by atoms with E-state index in [9.17, 15) is 9.59 Å². The van der Waals surface area contributed by atoms with Crippen LogP contribution >= 0.6 is 0 Å². The third kappa shape index (κ3) is 4.57. The van der Waals surface area contributed by atoms with E-state index in [2.05, 4.69) is 25.2 Å². The Morgan fingerprint density at radius 2 is 2.00 bits per heavy atom. The van der Waals surface area contributed by atoms with Crippen molar-refractivity contribution in [3.63, 3.8) is 0 Å². The molecule has 5 heteroatoms. The molecule has 0 aromatic heterocycles. The molecule has 0 aromatic carbocycles. The molecular weight excluding hydrogens is 289 g/mol. The van der Waals surface area contributed by atoms with Gasteiger partial charge in [0.05, 0.1) is 5.68 Å². The normalized spacial score (nSPS) is 19.2. The standard InChI is InChI=1S/C18H28BNO3/c1-11-8-9-17(3,4)15(18(5,6)10-13(19)21)14(11)23-16(22)12(2)20-7/h8,12,20H,9-10H2,1-7H3. The van der Waals surface area contributed by atoms with E-state index >= 15 is 0 Å². The fraction of sp³-hybridized carbons (Fsp3) is 0.667. The maximum Gasteiger partial charge on any atom is 0.328 e. The molecule has 0 aromatic rings. The lowest BCUT2D eigenvalue weighted by molar-refractivity contribution is -0.141. The quantitative estimate of drug-likeness (QED) is 0.604. The first-order valence-electron chi connectivity index (χ1n) is 8.02. The molecule has 1 unspecified atom stereocenters. The molecule has 1 atom stereocenters. The van der Waals surface area contributed by atoms with Gasteiger partial charge in [0.1, 0.15) is 11.8 Å². The number of nitrogens with one attached hydrogen (secondary N) is 1. The summed E-state index contributed by atoms with van der Waals surface area (Å²) in [5.74, 6) is 0.250. The molecule has 1 aliphatic rings. The second-order valence-electron chi connectivity index (χ2n) is 7.64. The van der Waals surface area contributed by atoms with Gasteiger partial charge in [-0.05, 0) is 49.3 Å². The van der Waals surface area contributed by atoms with Crippen molar-refractivity contribution in [3.8, 4) is 0 Å². The Morgan fingerprint density at radius 1 is 1.43 bits per heavy atom. The molecule has 1 N–H and O–H groups in total. The summed E-state index contributed by atoms with van der Waals surface area (Å²) in [4.78, 5) is 23.8. The molecule has 0 bridgehead atoms. The van der Waals surface area contributed by atoms with Crippen LogP contribution in [0.4, 0.5) is 0 Å². The minimum Gasteiger partial charge on any atom is -0.425 e. The second-order valence-corrected chi connectivity index (χ2v) is 7.64. The lowest BCUT2D eigenvalue weighted by Crippen LogP contribution is -2.36. The van der Waals surface area contributed by atoms with Gasteiger partial charge in [0.15, 0.2) is 7.85 Å². The highest BCUT2D eigenvalue weighted by atomic mass is 16.5. The Morgan fingerprint density at radius 3 is 2.48 bits per heavy atom. The average molecular weight is 317 g/mol. The molecule has 23 heavy (non-hydrogen) atoms. The van der Waals surface area contributed by atoms with Gasteiger partial charge in [-0.2, -0.15) is 0 Å². The van der Waals surface area contributed by atoms with E-state index in [0.29, 0.717) is 5.76 Å². The second kappa shape index (κ2) is 7.04. The summed E-state index contributed by atoms with van der Waals surface area (Å²) in [6, 6.07) is -0.402. The zero-order valence-electron chi connectivity index (χ0n) is 15.4. The van der Waals surface area contributed by atoms with Crippen molar-refractivity contribution in [1.82, 2.24) is 5.32 Å². The SMILES string of the molecule is [B]C(=O)CC(C)(C)C1=C(OC(=O)C(C)NC)C(C)=CCC1(C)C. The van der Waals surface area contributed by atoms with Crippen LogP contribution in [0.2, 0.25) is 0 Å². The van der Waals surface area contributed by atoms with Crippen molar-refractivity contribution < 1.29 is 14.3 Å². The van der Waals surface area contributed by atoms with Crippen molar-refractivity contribution in [3.05, 3.63) is 23.0 Å². The van der Waals surface area contributed by atoms with Crippen LogP contribution in [0, 0.1) is 10.8 Å². The Labute approximate surface area is 141 Å². The minimum atomic E-state index is -0.483. The highest BCUT2D eigenvalue weighted by molar-refractivity contribution is 6.57. The van der Waals surface area contributed by atoms with Crippen LogP contribution in [0.5, 0.6) is 0 Å². The van der Waals surface area contributed by atoms with E-state index in [1.807, 2.05) is 20.8 Å².